The fraction of sp³-hybridized carbons (Fsp3) is 1.00. The van der Waals surface area contributed by atoms with E-state index in [4.69, 9.17) is 0 Å². The van der Waals surface area contributed by atoms with Crippen LogP contribution in [0.1, 0.15) is 65.2 Å². The van der Waals surface area contributed by atoms with Crippen molar-refractivity contribution in [1.29, 1.82) is 0 Å². The molecule has 1 rings (SSSR count). The lowest BCUT2D eigenvalue weighted by molar-refractivity contribution is 0.527. The Kier molecular flexibility index (Phi) is 14.9. The van der Waals surface area contributed by atoms with Crippen molar-refractivity contribution < 1.29 is 0 Å². The maximum Gasteiger partial charge on any atom is -0.00173 e. The van der Waals surface area contributed by atoms with Crippen LogP contribution in [-0.4, -0.2) is 52.4 Å². The highest BCUT2D eigenvalue weighted by atomic mass is 14.9. The molecule has 24 heavy (non-hydrogen) atoms. The number of unbranched alkanes of at least 4 members (excludes halogenated alkanes) is 4. The van der Waals surface area contributed by atoms with E-state index in [1.54, 1.807) is 0 Å². The largest absolute Gasteiger partial charge is 0.317 e. The molecule has 1 fully saturated rings. The Morgan fingerprint density at radius 2 is 1.04 bits per heavy atom. The van der Waals surface area contributed by atoms with E-state index < -0.39 is 0 Å². The van der Waals surface area contributed by atoms with Crippen molar-refractivity contribution in [1.82, 2.24) is 21.3 Å². The summed E-state index contributed by atoms with van der Waals surface area (Å²) >= 11 is 0. The molecule has 0 heterocycles. The molecule has 0 amide bonds. The summed E-state index contributed by atoms with van der Waals surface area (Å²) in [6.07, 6.45) is 10.7. The summed E-state index contributed by atoms with van der Waals surface area (Å²) < 4.78 is 0. The lowest BCUT2D eigenvalue weighted by Crippen LogP contribution is -2.24. The second-order valence-corrected chi connectivity index (χ2v) is 7.39. The third-order valence-electron chi connectivity index (χ3n) is 5.00. The summed E-state index contributed by atoms with van der Waals surface area (Å²) in [6.45, 7) is 13.9. The first-order valence-corrected chi connectivity index (χ1v) is 10.7. The first-order valence-electron chi connectivity index (χ1n) is 10.7. The number of hydrogen-bond acceptors (Lipinski definition) is 4. The van der Waals surface area contributed by atoms with Gasteiger partial charge in [-0.2, -0.15) is 0 Å². The zero-order valence-corrected chi connectivity index (χ0v) is 16.5. The topological polar surface area (TPSA) is 48.1 Å². The van der Waals surface area contributed by atoms with Gasteiger partial charge in [0.2, 0.25) is 0 Å². The molecule has 0 aromatic rings. The average molecular weight is 341 g/mol. The van der Waals surface area contributed by atoms with Gasteiger partial charge in [0.1, 0.15) is 0 Å². The van der Waals surface area contributed by atoms with Gasteiger partial charge in [-0.15, -0.1) is 0 Å². The molecular formula is C20H44N4. The zero-order valence-electron chi connectivity index (χ0n) is 16.5. The Labute approximate surface area is 151 Å². The molecule has 0 saturated heterocycles. The van der Waals surface area contributed by atoms with Crippen LogP contribution in [0.3, 0.4) is 0 Å². The molecule has 1 saturated carbocycles. The first-order chi connectivity index (χ1) is 11.9. The summed E-state index contributed by atoms with van der Waals surface area (Å²) in [4.78, 5) is 0. The highest BCUT2D eigenvalue weighted by Crippen LogP contribution is 2.36. The van der Waals surface area contributed by atoms with Crippen LogP contribution in [0.15, 0.2) is 0 Å². The highest BCUT2D eigenvalue weighted by molar-refractivity contribution is 4.89. The molecule has 0 aliphatic heterocycles. The highest BCUT2D eigenvalue weighted by Gasteiger charge is 2.35. The molecule has 4 heteroatoms. The van der Waals surface area contributed by atoms with Gasteiger partial charge in [-0.3, -0.25) is 0 Å². The van der Waals surface area contributed by atoms with E-state index in [0.717, 1.165) is 18.4 Å². The van der Waals surface area contributed by atoms with Crippen molar-refractivity contribution in [3.8, 4) is 0 Å². The molecule has 0 spiro atoms. The van der Waals surface area contributed by atoms with E-state index in [-0.39, 0.29) is 0 Å². The van der Waals surface area contributed by atoms with Crippen LogP contribution < -0.4 is 21.3 Å². The van der Waals surface area contributed by atoms with Crippen LogP contribution in [0.25, 0.3) is 0 Å². The summed E-state index contributed by atoms with van der Waals surface area (Å²) in [5.41, 5.74) is 0. The third-order valence-corrected chi connectivity index (χ3v) is 5.00. The van der Waals surface area contributed by atoms with Crippen molar-refractivity contribution in [2.24, 2.45) is 11.8 Å². The quantitative estimate of drug-likeness (QED) is 0.273. The fourth-order valence-corrected chi connectivity index (χ4v) is 3.19. The Bertz CT molecular complexity index is 260. The minimum absolute atomic E-state index is 0.937. The van der Waals surface area contributed by atoms with E-state index in [1.807, 2.05) is 0 Å². The lowest BCUT2D eigenvalue weighted by atomic mass is 10.2. The molecular weight excluding hydrogens is 296 g/mol. The molecule has 0 unspecified atom stereocenters. The predicted molar refractivity (Wildman–Crippen MR) is 107 cm³/mol. The van der Waals surface area contributed by atoms with Crippen molar-refractivity contribution in [3.63, 3.8) is 0 Å². The second-order valence-electron chi connectivity index (χ2n) is 7.39. The van der Waals surface area contributed by atoms with Crippen molar-refractivity contribution in [3.05, 3.63) is 0 Å². The first kappa shape index (κ1) is 21.9. The van der Waals surface area contributed by atoms with E-state index in [1.165, 1.54) is 97.2 Å². The average Bonchev–Trinajstić information content (AvgIpc) is 3.34. The maximum atomic E-state index is 3.65. The van der Waals surface area contributed by atoms with Gasteiger partial charge in [0.15, 0.2) is 0 Å². The third kappa shape index (κ3) is 13.2. The molecule has 0 bridgehead atoms. The van der Waals surface area contributed by atoms with Gasteiger partial charge in [0.05, 0.1) is 0 Å². The van der Waals surface area contributed by atoms with Crippen molar-refractivity contribution in [2.75, 3.05) is 52.4 Å². The number of nitrogens with one attached hydrogen (secondary N) is 4. The summed E-state index contributed by atoms with van der Waals surface area (Å²) in [5.74, 6) is 1.87. The summed E-state index contributed by atoms with van der Waals surface area (Å²) in [6, 6.07) is 0. The summed E-state index contributed by atoms with van der Waals surface area (Å²) in [7, 11) is 0. The van der Waals surface area contributed by atoms with Crippen LogP contribution in [-0.2, 0) is 0 Å². The number of hydrogen-bond donors (Lipinski definition) is 4. The van der Waals surface area contributed by atoms with Crippen molar-refractivity contribution in [2.45, 2.75) is 65.2 Å². The molecule has 0 aromatic heterocycles. The minimum Gasteiger partial charge on any atom is -0.317 e. The Morgan fingerprint density at radius 3 is 1.54 bits per heavy atom. The second kappa shape index (κ2) is 16.3. The fourth-order valence-electron chi connectivity index (χ4n) is 3.19. The lowest BCUT2D eigenvalue weighted by Gasteiger charge is -2.07. The van der Waals surface area contributed by atoms with Crippen LogP contribution >= 0.6 is 0 Å². The zero-order chi connectivity index (χ0) is 17.3. The van der Waals surface area contributed by atoms with Crippen LogP contribution in [0.5, 0.6) is 0 Å². The molecule has 2 atom stereocenters. The number of rotatable bonds is 19. The maximum absolute atomic E-state index is 3.65. The standard InChI is InChI=1S/C20H44N4/c1-3-5-6-12-22-13-8-10-15-24-18-20-16-19(20)17-23-14-9-7-11-21-4-2/h19-24H,3-18H2,1-2H3/t19-,20+/m1/s1. The minimum atomic E-state index is 0.937. The Balaban J connectivity index is 1.72. The van der Waals surface area contributed by atoms with E-state index >= 15 is 0 Å². The Morgan fingerprint density at radius 1 is 0.583 bits per heavy atom. The van der Waals surface area contributed by atoms with E-state index in [0.29, 0.717) is 0 Å². The van der Waals surface area contributed by atoms with E-state index in [9.17, 15) is 0 Å². The molecule has 0 radical (unpaired) electrons. The van der Waals surface area contributed by atoms with Gasteiger partial charge in [0, 0.05) is 0 Å². The van der Waals surface area contributed by atoms with Crippen LogP contribution in [0, 0.1) is 11.8 Å². The van der Waals surface area contributed by atoms with Crippen LogP contribution in [0.4, 0.5) is 0 Å². The van der Waals surface area contributed by atoms with Gasteiger partial charge < -0.3 is 21.3 Å². The molecule has 4 nitrogen and oxygen atoms in total. The van der Waals surface area contributed by atoms with Gasteiger partial charge in [0.25, 0.3) is 0 Å². The molecule has 144 valence electrons. The predicted octanol–water partition coefficient (Wildman–Crippen LogP) is 2.75. The van der Waals surface area contributed by atoms with Gasteiger partial charge >= 0.3 is 0 Å². The van der Waals surface area contributed by atoms with Gasteiger partial charge in [-0.1, -0.05) is 26.7 Å². The molecule has 0 aromatic carbocycles. The normalized spacial score (nSPS) is 19.8. The monoisotopic (exact) mass is 340 g/mol. The van der Waals surface area contributed by atoms with Gasteiger partial charge in [-0.25, -0.2) is 0 Å². The molecule has 1 aliphatic carbocycles. The molecule has 4 N–H and O–H groups in total. The van der Waals surface area contributed by atoms with Gasteiger partial charge in [-0.05, 0) is 103 Å². The summed E-state index contributed by atoms with van der Waals surface area (Å²) in [5, 5.41) is 14.2. The van der Waals surface area contributed by atoms with Crippen molar-refractivity contribution >= 4 is 0 Å². The van der Waals surface area contributed by atoms with Crippen LogP contribution in [0.2, 0.25) is 0 Å². The van der Waals surface area contributed by atoms with E-state index in [2.05, 4.69) is 35.1 Å². The SMILES string of the molecule is CCCCCNCCCCNC[C@@H]1C[C@@H]1CNCCCCNCC. The molecule has 1 aliphatic rings. The Hall–Kier alpha value is -0.160. The smallest absolute Gasteiger partial charge is 0.00173 e.